The largest absolute Gasteiger partial charge is 0.351 e. The zero-order chi connectivity index (χ0) is 20.5. The molecule has 1 aromatic heterocycles. The summed E-state index contributed by atoms with van der Waals surface area (Å²) in [5, 5.41) is 6.81. The third-order valence-corrected chi connectivity index (χ3v) is 6.48. The number of carbonyl (C=O) groups is 1. The summed E-state index contributed by atoms with van der Waals surface area (Å²) in [6, 6.07) is 6.52. The Labute approximate surface area is 165 Å². The number of aryl methyl sites for hydroxylation is 1. The Balaban J connectivity index is 1.72. The maximum Gasteiger partial charge on any atom is 0.243 e. The van der Waals surface area contributed by atoms with Crippen LogP contribution in [0.15, 0.2) is 33.7 Å². The van der Waals surface area contributed by atoms with Gasteiger partial charge in [-0.05, 0) is 45.7 Å². The van der Waals surface area contributed by atoms with Crippen LogP contribution in [0.3, 0.4) is 0 Å². The third-order valence-electron chi connectivity index (χ3n) is 4.58. The molecule has 28 heavy (non-hydrogen) atoms. The lowest BCUT2D eigenvalue weighted by molar-refractivity contribution is -0.127. The van der Waals surface area contributed by atoms with E-state index in [1.807, 2.05) is 20.8 Å². The topological polar surface area (TPSA) is 105 Å². The minimum Gasteiger partial charge on any atom is -0.351 e. The molecule has 1 saturated heterocycles. The molecule has 2 aromatic rings. The number of rotatable bonds is 4. The van der Waals surface area contributed by atoms with E-state index < -0.39 is 10.0 Å². The normalized spacial score (nSPS) is 16.9. The van der Waals surface area contributed by atoms with Crippen LogP contribution in [0.1, 0.15) is 39.5 Å². The number of aromatic nitrogens is 2. The van der Waals surface area contributed by atoms with Gasteiger partial charge in [-0.15, -0.1) is 0 Å². The molecular formula is C19H26N4O4S. The summed E-state index contributed by atoms with van der Waals surface area (Å²) in [6.45, 7) is 8.11. The molecule has 1 aromatic carbocycles. The first kappa shape index (κ1) is 20.5. The lowest BCUT2D eigenvalue weighted by atomic mass is 9.96. The van der Waals surface area contributed by atoms with Crippen LogP contribution in [0, 0.1) is 12.8 Å². The van der Waals surface area contributed by atoms with E-state index in [0.717, 1.165) is 0 Å². The van der Waals surface area contributed by atoms with Crippen LogP contribution < -0.4 is 5.32 Å². The summed E-state index contributed by atoms with van der Waals surface area (Å²) >= 11 is 0. The Hall–Kier alpha value is -2.26. The Morgan fingerprint density at radius 2 is 1.93 bits per heavy atom. The fourth-order valence-corrected chi connectivity index (χ4v) is 4.71. The minimum atomic E-state index is -3.65. The van der Waals surface area contributed by atoms with Gasteiger partial charge in [0.2, 0.25) is 27.6 Å². The first-order chi connectivity index (χ1) is 13.1. The Kier molecular flexibility index (Phi) is 5.58. The summed E-state index contributed by atoms with van der Waals surface area (Å²) in [4.78, 5) is 16.7. The molecule has 0 radical (unpaired) electrons. The van der Waals surface area contributed by atoms with Gasteiger partial charge in [-0.25, -0.2) is 8.42 Å². The third kappa shape index (κ3) is 4.59. The summed E-state index contributed by atoms with van der Waals surface area (Å²) in [5.41, 5.74) is 0.284. The second kappa shape index (κ2) is 7.63. The van der Waals surface area contributed by atoms with Crippen LogP contribution in [0.4, 0.5) is 0 Å². The summed E-state index contributed by atoms with van der Waals surface area (Å²) < 4.78 is 32.5. The highest BCUT2D eigenvalue weighted by Crippen LogP contribution is 2.27. The molecule has 9 heteroatoms. The maximum atomic E-state index is 13.0. The summed E-state index contributed by atoms with van der Waals surface area (Å²) in [5.74, 6) is 0.587. The van der Waals surface area contributed by atoms with Gasteiger partial charge in [0, 0.05) is 37.0 Å². The van der Waals surface area contributed by atoms with Crippen LogP contribution in [0.5, 0.6) is 0 Å². The molecule has 1 N–H and O–H groups in total. The molecule has 0 saturated carbocycles. The van der Waals surface area contributed by atoms with E-state index in [1.165, 1.54) is 4.31 Å². The van der Waals surface area contributed by atoms with Gasteiger partial charge in [0.25, 0.3) is 0 Å². The van der Waals surface area contributed by atoms with E-state index >= 15 is 0 Å². The fraction of sp³-hybridized carbons (Fsp3) is 0.526. The highest BCUT2D eigenvalue weighted by Gasteiger charge is 2.33. The smallest absolute Gasteiger partial charge is 0.243 e. The van der Waals surface area contributed by atoms with Crippen molar-refractivity contribution in [2.75, 3.05) is 13.1 Å². The van der Waals surface area contributed by atoms with Gasteiger partial charge in [-0.3, -0.25) is 4.79 Å². The number of hydrogen-bond donors (Lipinski definition) is 1. The molecule has 0 unspecified atom stereocenters. The zero-order valence-electron chi connectivity index (χ0n) is 16.6. The number of hydrogen-bond acceptors (Lipinski definition) is 6. The first-order valence-electron chi connectivity index (χ1n) is 9.29. The standard InChI is InChI=1S/C19H26N4O4S/c1-13-20-17(22-27-13)15-6-5-7-16(12-15)28(25,26)23-10-8-14(9-11-23)18(24)21-19(2,3)4/h5-7,12,14H,8-11H2,1-4H3,(H,21,24). The van der Waals surface area contributed by atoms with Gasteiger partial charge in [0.1, 0.15) is 0 Å². The molecule has 1 aliphatic heterocycles. The molecule has 1 amide bonds. The minimum absolute atomic E-state index is 0.0148. The molecule has 1 aliphatic rings. The van der Waals surface area contributed by atoms with Gasteiger partial charge in [-0.2, -0.15) is 9.29 Å². The highest BCUT2D eigenvalue weighted by molar-refractivity contribution is 7.89. The second-order valence-corrected chi connectivity index (χ2v) is 10.0. The van der Waals surface area contributed by atoms with Crippen LogP contribution in [0.25, 0.3) is 11.4 Å². The van der Waals surface area contributed by atoms with Crippen LogP contribution in [-0.2, 0) is 14.8 Å². The molecule has 0 bridgehead atoms. The first-order valence-corrected chi connectivity index (χ1v) is 10.7. The lowest BCUT2D eigenvalue weighted by Gasteiger charge is -2.32. The van der Waals surface area contributed by atoms with Crippen molar-refractivity contribution in [2.45, 2.75) is 51.0 Å². The van der Waals surface area contributed by atoms with Crippen molar-refractivity contribution in [1.82, 2.24) is 19.8 Å². The Morgan fingerprint density at radius 3 is 2.50 bits per heavy atom. The Bertz CT molecular complexity index is 954. The molecule has 0 aliphatic carbocycles. The molecule has 3 rings (SSSR count). The zero-order valence-corrected chi connectivity index (χ0v) is 17.4. The number of carbonyl (C=O) groups excluding carboxylic acids is 1. The molecule has 0 spiro atoms. The number of sulfonamides is 1. The number of nitrogens with zero attached hydrogens (tertiary/aromatic N) is 3. The predicted molar refractivity (Wildman–Crippen MR) is 104 cm³/mol. The second-order valence-electron chi connectivity index (χ2n) is 8.08. The molecular weight excluding hydrogens is 380 g/mol. The summed E-state index contributed by atoms with van der Waals surface area (Å²) in [7, 11) is -3.65. The quantitative estimate of drug-likeness (QED) is 0.836. The predicted octanol–water partition coefficient (Wildman–Crippen LogP) is 2.36. The van der Waals surface area contributed by atoms with E-state index in [9.17, 15) is 13.2 Å². The molecule has 8 nitrogen and oxygen atoms in total. The van der Waals surface area contributed by atoms with E-state index in [-0.39, 0.29) is 22.3 Å². The van der Waals surface area contributed by atoms with E-state index in [1.54, 1.807) is 31.2 Å². The van der Waals surface area contributed by atoms with E-state index in [0.29, 0.717) is 43.2 Å². The van der Waals surface area contributed by atoms with Gasteiger partial charge >= 0.3 is 0 Å². The van der Waals surface area contributed by atoms with E-state index in [2.05, 4.69) is 15.5 Å². The molecule has 152 valence electrons. The van der Waals surface area contributed by atoms with E-state index in [4.69, 9.17) is 4.52 Å². The Morgan fingerprint density at radius 1 is 1.25 bits per heavy atom. The highest BCUT2D eigenvalue weighted by atomic mass is 32.2. The monoisotopic (exact) mass is 406 g/mol. The van der Waals surface area contributed by atoms with Gasteiger partial charge < -0.3 is 9.84 Å². The number of piperidine rings is 1. The maximum absolute atomic E-state index is 13.0. The molecule has 2 heterocycles. The van der Waals surface area contributed by atoms with Crippen molar-refractivity contribution in [2.24, 2.45) is 5.92 Å². The fourth-order valence-electron chi connectivity index (χ4n) is 3.19. The molecule has 0 atom stereocenters. The van der Waals surface area contributed by atoms with Crippen molar-refractivity contribution in [3.05, 3.63) is 30.2 Å². The number of amides is 1. The molecule has 1 fully saturated rings. The van der Waals surface area contributed by atoms with Crippen molar-refractivity contribution in [1.29, 1.82) is 0 Å². The van der Waals surface area contributed by atoms with Crippen molar-refractivity contribution < 1.29 is 17.7 Å². The van der Waals surface area contributed by atoms with Gasteiger partial charge in [0.05, 0.1) is 4.90 Å². The van der Waals surface area contributed by atoms with Crippen molar-refractivity contribution >= 4 is 15.9 Å². The van der Waals surface area contributed by atoms with Gasteiger partial charge in [0.15, 0.2) is 0 Å². The lowest BCUT2D eigenvalue weighted by Crippen LogP contribution is -2.47. The summed E-state index contributed by atoms with van der Waals surface area (Å²) in [6.07, 6.45) is 1.01. The number of benzene rings is 1. The van der Waals surface area contributed by atoms with Crippen LogP contribution in [0.2, 0.25) is 0 Å². The number of nitrogens with one attached hydrogen (secondary N) is 1. The van der Waals surface area contributed by atoms with Crippen molar-refractivity contribution in [3.8, 4) is 11.4 Å². The van der Waals surface area contributed by atoms with Gasteiger partial charge in [-0.1, -0.05) is 17.3 Å². The average molecular weight is 407 g/mol. The van der Waals surface area contributed by atoms with Crippen LogP contribution in [-0.4, -0.2) is 47.4 Å². The SMILES string of the molecule is Cc1nc(-c2cccc(S(=O)(=O)N3CCC(C(=O)NC(C)(C)C)CC3)c2)no1. The average Bonchev–Trinajstić information content (AvgIpc) is 3.07. The van der Waals surface area contributed by atoms with Crippen LogP contribution >= 0.6 is 0 Å². The van der Waals surface area contributed by atoms with Crippen molar-refractivity contribution in [3.63, 3.8) is 0 Å².